The fraction of sp³-hybridized carbons (Fsp3) is 0.633. The fourth-order valence-electron chi connectivity index (χ4n) is 5.79. The van der Waals surface area contributed by atoms with Gasteiger partial charge in [-0.2, -0.15) is 0 Å². The summed E-state index contributed by atoms with van der Waals surface area (Å²) in [6.07, 6.45) is 13.9. The molecule has 1 saturated heterocycles. The molecule has 0 spiro atoms. The van der Waals surface area contributed by atoms with Crippen molar-refractivity contribution in [3.63, 3.8) is 0 Å². The molecule has 4 rings (SSSR count). The van der Waals surface area contributed by atoms with Crippen molar-refractivity contribution in [3.05, 3.63) is 48.0 Å². The Hall–Kier alpha value is -1.62. The molecule has 2 aromatic rings. The lowest BCUT2D eigenvalue weighted by Gasteiger charge is -2.32. The first-order valence-corrected chi connectivity index (χ1v) is 14.0. The molecule has 0 bridgehead atoms. The summed E-state index contributed by atoms with van der Waals surface area (Å²) in [5, 5.41) is 9.78. The number of amides is 1. The van der Waals surface area contributed by atoms with Crippen LogP contribution in [0, 0.1) is 11.8 Å². The van der Waals surface area contributed by atoms with Crippen LogP contribution in [-0.2, 0) is 11.2 Å². The van der Waals surface area contributed by atoms with E-state index in [1.807, 2.05) is 0 Å². The normalized spacial score (nSPS) is 17.4. The SMILES string of the molecule is Cl.O=C(Cc1cccc2ccccc12)N1CCC(CNCCCCCNCC2CCCCC2)CC1. The largest absolute Gasteiger partial charge is 0.342 e. The number of fused-ring (bicyclic) bond motifs is 1. The highest BCUT2D eigenvalue weighted by molar-refractivity contribution is 5.90. The Balaban J connectivity index is 0.00000342. The summed E-state index contributed by atoms with van der Waals surface area (Å²) < 4.78 is 0. The summed E-state index contributed by atoms with van der Waals surface area (Å²) in [6.45, 7) is 6.46. The van der Waals surface area contributed by atoms with Gasteiger partial charge in [0.15, 0.2) is 0 Å². The van der Waals surface area contributed by atoms with E-state index >= 15 is 0 Å². The highest BCUT2D eigenvalue weighted by atomic mass is 35.5. The lowest BCUT2D eigenvalue weighted by atomic mass is 9.89. The van der Waals surface area contributed by atoms with Crippen molar-refractivity contribution in [2.75, 3.05) is 39.3 Å². The molecular weight excluding hydrogens is 454 g/mol. The number of benzene rings is 2. The third-order valence-corrected chi connectivity index (χ3v) is 7.99. The van der Waals surface area contributed by atoms with Crippen molar-refractivity contribution in [3.8, 4) is 0 Å². The van der Waals surface area contributed by atoms with Gasteiger partial charge in [-0.25, -0.2) is 0 Å². The number of hydrogen-bond donors (Lipinski definition) is 2. The number of hydrogen-bond acceptors (Lipinski definition) is 3. The van der Waals surface area contributed by atoms with Crippen LogP contribution in [-0.4, -0.2) is 50.1 Å². The quantitative estimate of drug-likeness (QED) is 0.353. The van der Waals surface area contributed by atoms with Crippen LogP contribution in [0.3, 0.4) is 0 Å². The van der Waals surface area contributed by atoms with Gasteiger partial charge in [0, 0.05) is 13.1 Å². The summed E-state index contributed by atoms with van der Waals surface area (Å²) >= 11 is 0. The molecule has 1 aliphatic carbocycles. The molecule has 0 radical (unpaired) electrons. The first kappa shape index (κ1) is 28.0. The Morgan fingerprint density at radius 2 is 1.40 bits per heavy atom. The lowest BCUT2D eigenvalue weighted by molar-refractivity contribution is -0.131. The van der Waals surface area contributed by atoms with Crippen LogP contribution >= 0.6 is 12.4 Å². The van der Waals surface area contributed by atoms with E-state index in [-0.39, 0.29) is 18.3 Å². The van der Waals surface area contributed by atoms with Crippen molar-refractivity contribution in [1.29, 1.82) is 0 Å². The monoisotopic (exact) mass is 499 g/mol. The van der Waals surface area contributed by atoms with Gasteiger partial charge in [-0.05, 0) is 92.9 Å². The number of carbonyl (C=O) groups is 1. The Bertz CT molecular complexity index is 870. The molecule has 5 heteroatoms. The van der Waals surface area contributed by atoms with E-state index in [4.69, 9.17) is 0 Å². The molecule has 2 fully saturated rings. The average Bonchev–Trinajstić information content (AvgIpc) is 2.89. The van der Waals surface area contributed by atoms with Gasteiger partial charge in [0.1, 0.15) is 0 Å². The summed E-state index contributed by atoms with van der Waals surface area (Å²) in [5.74, 6) is 1.92. The Morgan fingerprint density at radius 1 is 0.771 bits per heavy atom. The van der Waals surface area contributed by atoms with Crippen LogP contribution in [0.4, 0.5) is 0 Å². The maximum absolute atomic E-state index is 12.9. The zero-order chi connectivity index (χ0) is 23.4. The molecule has 1 saturated carbocycles. The molecule has 2 aromatic carbocycles. The van der Waals surface area contributed by atoms with Gasteiger partial charge in [0.2, 0.25) is 5.91 Å². The first-order valence-electron chi connectivity index (χ1n) is 14.0. The van der Waals surface area contributed by atoms with E-state index in [9.17, 15) is 4.79 Å². The maximum Gasteiger partial charge on any atom is 0.227 e. The lowest BCUT2D eigenvalue weighted by Crippen LogP contribution is -2.41. The number of halogens is 1. The molecule has 0 unspecified atom stereocenters. The minimum absolute atomic E-state index is 0. The second-order valence-corrected chi connectivity index (χ2v) is 10.6. The number of likely N-dealkylation sites (tertiary alicyclic amines) is 1. The molecule has 1 amide bonds. The highest BCUT2D eigenvalue weighted by Gasteiger charge is 2.23. The molecule has 1 aliphatic heterocycles. The summed E-state index contributed by atoms with van der Waals surface area (Å²) in [4.78, 5) is 15.0. The molecule has 0 aromatic heterocycles. The molecule has 1 heterocycles. The smallest absolute Gasteiger partial charge is 0.227 e. The van der Waals surface area contributed by atoms with Crippen molar-refractivity contribution in [1.82, 2.24) is 15.5 Å². The molecule has 4 nitrogen and oxygen atoms in total. The third-order valence-electron chi connectivity index (χ3n) is 7.99. The number of rotatable bonds is 12. The van der Waals surface area contributed by atoms with E-state index in [1.54, 1.807) is 0 Å². The Labute approximate surface area is 219 Å². The van der Waals surface area contributed by atoms with Crippen LogP contribution in [0.1, 0.15) is 69.8 Å². The Kier molecular flexibility index (Phi) is 12.4. The van der Waals surface area contributed by atoms with E-state index in [1.165, 1.54) is 75.2 Å². The van der Waals surface area contributed by atoms with Crippen molar-refractivity contribution in [2.24, 2.45) is 11.8 Å². The summed E-state index contributed by atoms with van der Waals surface area (Å²) in [7, 11) is 0. The number of carbonyl (C=O) groups excluding carboxylic acids is 1. The van der Waals surface area contributed by atoms with E-state index in [0.717, 1.165) is 50.5 Å². The van der Waals surface area contributed by atoms with Crippen LogP contribution < -0.4 is 10.6 Å². The minimum atomic E-state index is 0. The van der Waals surface area contributed by atoms with Gasteiger partial charge < -0.3 is 15.5 Å². The summed E-state index contributed by atoms with van der Waals surface area (Å²) in [6, 6.07) is 14.7. The maximum atomic E-state index is 12.9. The molecule has 35 heavy (non-hydrogen) atoms. The first-order chi connectivity index (χ1) is 16.8. The van der Waals surface area contributed by atoms with Gasteiger partial charge >= 0.3 is 0 Å². The predicted molar refractivity (Wildman–Crippen MR) is 150 cm³/mol. The van der Waals surface area contributed by atoms with Gasteiger partial charge in [-0.15, -0.1) is 12.4 Å². The second kappa shape index (κ2) is 15.5. The number of piperidine rings is 1. The molecule has 0 atom stereocenters. The highest BCUT2D eigenvalue weighted by Crippen LogP contribution is 2.23. The zero-order valence-corrected chi connectivity index (χ0v) is 22.3. The molecule has 2 aliphatic rings. The number of unbranched alkanes of at least 4 members (excludes halogenated alkanes) is 2. The topological polar surface area (TPSA) is 44.4 Å². The van der Waals surface area contributed by atoms with Crippen LogP contribution in [0.25, 0.3) is 10.8 Å². The number of nitrogens with zero attached hydrogens (tertiary/aromatic N) is 1. The van der Waals surface area contributed by atoms with Crippen molar-refractivity contribution >= 4 is 29.1 Å². The van der Waals surface area contributed by atoms with Crippen LogP contribution in [0.5, 0.6) is 0 Å². The van der Waals surface area contributed by atoms with Crippen LogP contribution in [0.15, 0.2) is 42.5 Å². The summed E-state index contributed by atoms with van der Waals surface area (Å²) in [5.41, 5.74) is 1.15. The van der Waals surface area contributed by atoms with Gasteiger partial charge in [-0.1, -0.05) is 68.1 Å². The Morgan fingerprint density at radius 3 is 2.11 bits per heavy atom. The fourth-order valence-corrected chi connectivity index (χ4v) is 5.79. The van der Waals surface area contributed by atoms with Gasteiger partial charge in [0.05, 0.1) is 6.42 Å². The number of nitrogens with one attached hydrogen (secondary N) is 2. The van der Waals surface area contributed by atoms with Gasteiger partial charge in [0.25, 0.3) is 0 Å². The van der Waals surface area contributed by atoms with Crippen molar-refractivity contribution in [2.45, 2.75) is 70.6 Å². The minimum Gasteiger partial charge on any atom is -0.342 e. The van der Waals surface area contributed by atoms with E-state index in [0.29, 0.717) is 12.3 Å². The van der Waals surface area contributed by atoms with Gasteiger partial charge in [-0.3, -0.25) is 4.79 Å². The molecule has 2 N–H and O–H groups in total. The zero-order valence-electron chi connectivity index (χ0n) is 21.5. The second-order valence-electron chi connectivity index (χ2n) is 10.6. The van der Waals surface area contributed by atoms with Crippen LogP contribution in [0.2, 0.25) is 0 Å². The average molecular weight is 500 g/mol. The van der Waals surface area contributed by atoms with E-state index < -0.39 is 0 Å². The van der Waals surface area contributed by atoms with Crippen molar-refractivity contribution < 1.29 is 4.79 Å². The molecular formula is C30H46ClN3O. The third kappa shape index (κ3) is 9.08. The standard InChI is InChI=1S/C30H45N3O.ClH/c34-30(22-28-14-9-13-27-12-5-6-15-29(27)28)33-20-16-26(17-21-33)24-32-19-8-2-7-18-31-23-25-10-3-1-4-11-25;/h5-6,9,12-15,25-26,31-32H,1-4,7-8,10-11,16-24H2;1H. The van der Waals surface area contributed by atoms with E-state index in [2.05, 4.69) is 58.0 Å². The molecule has 194 valence electrons. The predicted octanol–water partition coefficient (Wildman–Crippen LogP) is 5.97.